The lowest BCUT2D eigenvalue weighted by molar-refractivity contribution is 0.0526. The highest BCUT2D eigenvalue weighted by Gasteiger charge is 2.17. The number of nitrogens with one attached hydrogen (secondary N) is 1. The van der Waals surface area contributed by atoms with Crippen LogP contribution in [0.3, 0.4) is 0 Å². The van der Waals surface area contributed by atoms with E-state index < -0.39 is 5.97 Å². The third-order valence-corrected chi connectivity index (χ3v) is 3.35. The zero-order valence-corrected chi connectivity index (χ0v) is 13.9. The van der Waals surface area contributed by atoms with E-state index in [1.807, 2.05) is 31.2 Å². The van der Waals surface area contributed by atoms with E-state index in [4.69, 9.17) is 9.47 Å². The monoisotopic (exact) mass is 365 g/mol. The Morgan fingerprint density at radius 1 is 1.27 bits per heavy atom. The van der Waals surface area contributed by atoms with Crippen molar-refractivity contribution in [2.75, 3.05) is 18.5 Å². The summed E-state index contributed by atoms with van der Waals surface area (Å²) in [6.45, 7) is 4.30. The zero-order chi connectivity index (χ0) is 15.9. The number of aromatic nitrogens is 2. The molecule has 7 heteroatoms. The third kappa shape index (κ3) is 3.94. The Morgan fingerprint density at radius 3 is 2.73 bits per heavy atom. The topological polar surface area (TPSA) is 73.3 Å². The van der Waals surface area contributed by atoms with Crippen molar-refractivity contribution in [3.05, 3.63) is 40.5 Å². The van der Waals surface area contributed by atoms with Crippen LogP contribution in [0.15, 0.2) is 34.9 Å². The number of halogens is 1. The molecule has 116 valence electrons. The molecular formula is C15H16BrN3O3. The van der Waals surface area contributed by atoms with Crippen LogP contribution in [0, 0.1) is 0 Å². The first-order valence-electron chi connectivity index (χ1n) is 6.84. The van der Waals surface area contributed by atoms with E-state index in [2.05, 4.69) is 31.2 Å². The van der Waals surface area contributed by atoms with Crippen LogP contribution in [0.2, 0.25) is 0 Å². The van der Waals surface area contributed by atoms with Crippen molar-refractivity contribution in [1.29, 1.82) is 0 Å². The Hall–Kier alpha value is -2.15. The number of nitrogens with zero attached hydrogens (tertiary/aromatic N) is 2. The molecule has 22 heavy (non-hydrogen) atoms. The Kier molecular flexibility index (Phi) is 5.71. The van der Waals surface area contributed by atoms with E-state index in [0.29, 0.717) is 12.4 Å². The normalized spacial score (nSPS) is 10.1. The Bertz CT molecular complexity index is 664. The SMILES string of the molecule is CCOC(=O)c1cnc(OCC)nc1Nc1ccccc1Br. The first-order valence-corrected chi connectivity index (χ1v) is 7.63. The van der Waals surface area contributed by atoms with Crippen LogP contribution in [0.4, 0.5) is 11.5 Å². The molecule has 0 aliphatic rings. The van der Waals surface area contributed by atoms with E-state index >= 15 is 0 Å². The largest absolute Gasteiger partial charge is 0.464 e. The maximum atomic E-state index is 12.0. The van der Waals surface area contributed by atoms with E-state index in [1.165, 1.54) is 6.20 Å². The van der Waals surface area contributed by atoms with Crippen LogP contribution < -0.4 is 10.1 Å². The minimum Gasteiger partial charge on any atom is -0.464 e. The summed E-state index contributed by atoms with van der Waals surface area (Å²) in [5.74, 6) is -0.149. The predicted molar refractivity (Wildman–Crippen MR) is 86.6 cm³/mol. The van der Waals surface area contributed by atoms with Gasteiger partial charge in [-0.15, -0.1) is 0 Å². The standard InChI is InChI=1S/C15H16BrN3O3/c1-3-21-14(20)10-9-17-15(22-4-2)19-13(10)18-12-8-6-5-7-11(12)16/h5-9H,3-4H2,1-2H3,(H,17,18,19). The zero-order valence-electron chi connectivity index (χ0n) is 12.3. The molecule has 0 spiro atoms. The molecule has 0 radical (unpaired) electrons. The minimum absolute atomic E-state index is 0.199. The van der Waals surface area contributed by atoms with E-state index in [-0.39, 0.29) is 18.2 Å². The fourth-order valence-electron chi connectivity index (χ4n) is 1.71. The molecule has 0 saturated carbocycles. The molecule has 0 amide bonds. The molecule has 0 saturated heterocycles. The average molecular weight is 366 g/mol. The highest BCUT2D eigenvalue weighted by molar-refractivity contribution is 9.10. The van der Waals surface area contributed by atoms with Gasteiger partial charge in [-0.05, 0) is 41.9 Å². The summed E-state index contributed by atoms with van der Waals surface area (Å²) in [5, 5.41) is 3.10. The van der Waals surface area contributed by atoms with Gasteiger partial charge in [-0.2, -0.15) is 4.98 Å². The first kappa shape index (κ1) is 16.2. The van der Waals surface area contributed by atoms with Crippen LogP contribution >= 0.6 is 15.9 Å². The van der Waals surface area contributed by atoms with Gasteiger partial charge < -0.3 is 14.8 Å². The van der Waals surface area contributed by atoms with Gasteiger partial charge in [-0.25, -0.2) is 9.78 Å². The summed E-state index contributed by atoms with van der Waals surface area (Å²) in [4.78, 5) is 20.3. The molecular weight excluding hydrogens is 350 g/mol. The van der Waals surface area contributed by atoms with Crippen LogP contribution in [0.25, 0.3) is 0 Å². The molecule has 0 atom stereocenters. The van der Waals surface area contributed by atoms with Gasteiger partial charge in [0.05, 0.1) is 25.1 Å². The van der Waals surface area contributed by atoms with Crippen molar-refractivity contribution in [3.63, 3.8) is 0 Å². The van der Waals surface area contributed by atoms with E-state index in [1.54, 1.807) is 6.92 Å². The second-order valence-electron chi connectivity index (χ2n) is 4.17. The predicted octanol–water partition coefficient (Wildman–Crippen LogP) is 3.56. The Balaban J connectivity index is 2.38. The number of anilines is 2. The number of rotatable bonds is 6. The summed E-state index contributed by atoms with van der Waals surface area (Å²) >= 11 is 3.44. The maximum Gasteiger partial charge on any atom is 0.343 e. The summed E-state index contributed by atoms with van der Waals surface area (Å²) < 4.78 is 11.2. The fourth-order valence-corrected chi connectivity index (χ4v) is 2.09. The Labute approximate surface area is 137 Å². The molecule has 0 unspecified atom stereocenters. The van der Waals surface area contributed by atoms with Gasteiger partial charge in [0, 0.05) is 4.47 Å². The molecule has 6 nitrogen and oxygen atoms in total. The first-order chi connectivity index (χ1) is 10.7. The Morgan fingerprint density at radius 2 is 2.05 bits per heavy atom. The van der Waals surface area contributed by atoms with Crippen molar-refractivity contribution in [2.24, 2.45) is 0 Å². The quantitative estimate of drug-likeness (QED) is 0.789. The number of carbonyl (C=O) groups is 1. The van der Waals surface area contributed by atoms with Gasteiger partial charge in [0.2, 0.25) is 0 Å². The van der Waals surface area contributed by atoms with E-state index in [9.17, 15) is 4.79 Å². The fraction of sp³-hybridized carbons (Fsp3) is 0.267. The molecule has 1 aromatic heterocycles. The van der Waals surface area contributed by atoms with Gasteiger partial charge in [0.15, 0.2) is 5.82 Å². The lowest BCUT2D eigenvalue weighted by Gasteiger charge is -2.12. The van der Waals surface area contributed by atoms with Crippen LogP contribution in [0.1, 0.15) is 24.2 Å². The van der Waals surface area contributed by atoms with Crippen LogP contribution in [-0.2, 0) is 4.74 Å². The number of benzene rings is 1. The summed E-state index contributed by atoms with van der Waals surface area (Å²) in [6.07, 6.45) is 1.40. The molecule has 1 aromatic carbocycles. The second-order valence-corrected chi connectivity index (χ2v) is 5.03. The number of carbonyl (C=O) groups excluding carboxylic acids is 1. The van der Waals surface area contributed by atoms with Crippen molar-refractivity contribution < 1.29 is 14.3 Å². The molecule has 0 aliphatic heterocycles. The maximum absolute atomic E-state index is 12.0. The highest BCUT2D eigenvalue weighted by atomic mass is 79.9. The summed E-state index contributed by atoms with van der Waals surface area (Å²) in [5.41, 5.74) is 1.02. The van der Waals surface area contributed by atoms with Gasteiger partial charge >= 0.3 is 12.0 Å². The van der Waals surface area contributed by atoms with Gasteiger partial charge in [-0.3, -0.25) is 0 Å². The molecule has 0 bridgehead atoms. The summed E-state index contributed by atoms with van der Waals surface area (Å²) in [6, 6.07) is 7.72. The van der Waals surface area contributed by atoms with Gasteiger partial charge in [0.1, 0.15) is 5.56 Å². The molecule has 1 N–H and O–H groups in total. The molecule has 2 rings (SSSR count). The van der Waals surface area contributed by atoms with Crippen molar-refractivity contribution in [2.45, 2.75) is 13.8 Å². The average Bonchev–Trinajstić information content (AvgIpc) is 2.50. The van der Waals surface area contributed by atoms with Crippen LogP contribution in [-0.4, -0.2) is 29.2 Å². The third-order valence-electron chi connectivity index (χ3n) is 2.66. The minimum atomic E-state index is -0.486. The van der Waals surface area contributed by atoms with Crippen molar-refractivity contribution in [3.8, 4) is 6.01 Å². The van der Waals surface area contributed by atoms with Crippen molar-refractivity contribution >= 4 is 33.4 Å². The second kappa shape index (κ2) is 7.74. The number of esters is 1. The number of ether oxygens (including phenoxy) is 2. The molecule has 2 aromatic rings. The lowest BCUT2D eigenvalue weighted by atomic mass is 10.2. The smallest absolute Gasteiger partial charge is 0.343 e. The number of hydrogen-bond donors (Lipinski definition) is 1. The number of hydrogen-bond acceptors (Lipinski definition) is 6. The highest BCUT2D eigenvalue weighted by Crippen LogP contribution is 2.27. The number of para-hydroxylation sites is 1. The van der Waals surface area contributed by atoms with Crippen LogP contribution in [0.5, 0.6) is 6.01 Å². The van der Waals surface area contributed by atoms with E-state index in [0.717, 1.165) is 10.2 Å². The lowest BCUT2D eigenvalue weighted by Crippen LogP contribution is -2.11. The summed E-state index contributed by atoms with van der Waals surface area (Å²) in [7, 11) is 0. The molecule has 1 heterocycles. The molecule has 0 aliphatic carbocycles. The molecule has 0 fully saturated rings. The van der Waals surface area contributed by atoms with Gasteiger partial charge in [0.25, 0.3) is 0 Å². The van der Waals surface area contributed by atoms with Crippen molar-refractivity contribution in [1.82, 2.24) is 9.97 Å². The van der Waals surface area contributed by atoms with Gasteiger partial charge in [-0.1, -0.05) is 12.1 Å².